The predicted octanol–water partition coefficient (Wildman–Crippen LogP) is 5.88. The normalized spacial score (nSPS) is 10.5. The minimum Gasteiger partial charge on any atom is -0.457 e. The summed E-state index contributed by atoms with van der Waals surface area (Å²) in [5.41, 5.74) is 1.24. The molecule has 0 aliphatic carbocycles. The first-order valence-corrected chi connectivity index (χ1v) is 8.42. The minimum atomic E-state index is -0.201. The molecule has 4 rings (SSSR count). The summed E-state index contributed by atoms with van der Waals surface area (Å²) in [6, 6.07) is 30.6. The number of fused-ring (bicyclic) bond motifs is 1. The maximum Gasteiger partial charge on any atom is 0.259 e. The Morgan fingerprint density at radius 2 is 1.38 bits per heavy atom. The van der Waals surface area contributed by atoms with E-state index in [9.17, 15) is 4.79 Å². The fourth-order valence-corrected chi connectivity index (χ4v) is 2.82. The molecule has 0 bridgehead atoms. The molecule has 0 aliphatic heterocycles. The Kier molecular flexibility index (Phi) is 4.35. The number of carbonyl (C=O) groups excluding carboxylic acids is 1. The Hall–Kier alpha value is -3.59. The van der Waals surface area contributed by atoms with Crippen LogP contribution < -0.4 is 10.1 Å². The number of benzene rings is 4. The van der Waals surface area contributed by atoms with Crippen LogP contribution in [-0.4, -0.2) is 5.91 Å². The fourth-order valence-electron chi connectivity index (χ4n) is 2.82. The molecule has 4 aromatic rings. The number of anilines is 1. The van der Waals surface area contributed by atoms with Crippen LogP contribution in [0.4, 0.5) is 5.69 Å². The molecule has 4 aromatic carbocycles. The Morgan fingerprint density at radius 1 is 0.692 bits per heavy atom. The number of hydrogen-bond donors (Lipinski definition) is 1. The van der Waals surface area contributed by atoms with Crippen molar-refractivity contribution in [2.45, 2.75) is 0 Å². The van der Waals surface area contributed by atoms with E-state index in [1.807, 2.05) is 78.9 Å². The molecule has 1 amide bonds. The molecule has 0 atom stereocenters. The third-order valence-electron chi connectivity index (χ3n) is 4.11. The van der Waals surface area contributed by atoms with Crippen molar-refractivity contribution in [1.29, 1.82) is 0 Å². The number of nitrogens with one attached hydrogen (secondary N) is 1. The second kappa shape index (κ2) is 7.11. The highest BCUT2D eigenvalue weighted by Gasteiger charge is 2.13. The second-order valence-electron chi connectivity index (χ2n) is 5.93. The van der Waals surface area contributed by atoms with E-state index in [1.165, 1.54) is 0 Å². The number of para-hydroxylation sites is 2. The zero-order chi connectivity index (χ0) is 17.8. The standard InChI is InChI=1S/C23H17NO2/c25-23(24-19-10-2-1-3-11-19)21-12-6-7-13-22(21)26-20-15-14-17-8-4-5-9-18(17)16-20/h1-16H,(H,24,25). The van der Waals surface area contributed by atoms with Crippen LogP contribution in [0.3, 0.4) is 0 Å². The Morgan fingerprint density at radius 3 is 2.23 bits per heavy atom. The molecule has 0 heterocycles. The van der Waals surface area contributed by atoms with Crippen molar-refractivity contribution in [3.05, 3.63) is 103 Å². The number of rotatable bonds is 4. The van der Waals surface area contributed by atoms with E-state index >= 15 is 0 Å². The van der Waals surface area contributed by atoms with Crippen LogP contribution in [0.15, 0.2) is 97.1 Å². The highest BCUT2D eigenvalue weighted by molar-refractivity contribution is 6.06. The van der Waals surface area contributed by atoms with Crippen LogP contribution in [0.1, 0.15) is 10.4 Å². The maximum atomic E-state index is 12.6. The van der Waals surface area contributed by atoms with Gasteiger partial charge in [0.05, 0.1) is 5.56 Å². The maximum absolute atomic E-state index is 12.6. The van der Waals surface area contributed by atoms with Crippen molar-refractivity contribution in [3.63, 3.8) is 0 Å². The molecule has 0 aromatic heterocycles. The van der Waals surface area contributed by atoms with Gasteiger partial charge in [-0.2, -0.15) is 0 Å². The minimum absolute atomic E-state index is 0.201. The Bertz CT molecular complexity index is 1060. The van der Waals surface area contributed by atoms with Crippen LogP contribution >= 0.6 is 0 Å². The molecule has 0 unspecified atom stereocenters. The van der Waals surface area contributed by atoms with Crippen molar-refractivity contribution >= 4 is 22.4 Å². The van der Waals surface area contributed by atoms with Crippen molar-refractivity contribution in [2.24, 2.45) is 0 Å². The number of carbonyl (C=O) groups is 1. The molecule has 0 spiro atoms. The van der Waals surface area contributed by atoms with E-state index in [2.05, 4.69) is 11.4 Å². The first-order valence-electron chi connectivity index (χ1n) is 8.42. The van der Waals surface area contributed by atoms with Crippen LogP contribution in [0.5, 0.6) is 11.5 Å². The van der Waals surface area contributed by atoms with E-state index in [-0.39, 0.29) is 5.91 Å². The molecule has 26 heavy (non-hydrogen) atoms. The molecule has 0 saturated heterocycles. The van der Waals surface area contributed by atoms with Crippen molar-refractivity contribution < 1.29 is 9.53 Å². The first kappa shape index (κ1) is 15.9. The lowest BCUT2D eigenvalue weighted by Crippen LogP contribution is -2.12. The van der Waals surface area contributed by atoms with Crippen LogP contribution in [0.25, 0.3) is 10.8 Å². The summed E-state index contributed by atoms with van der Waals surface area (Å²) in [5.74, 6) is 1.02. The van der Waals surface area contributed by atoms with E-state index in [4.69, 9.17) is 4.74 Å². The molecule has 3 nitrogen and oxygen atoms in total. The smallest absolute Gasteiger partial charge is 0.259 e. The predicted molar refractivity (Wildman–Crippen MR) is 105 cm³/mol. The van der Waals surface area contributed by atoms with Gasteiger partial charge in [-0.05, 0) is 47.2 Å². The van der Waals surface area contributed by atoms with Gasteiger partial charge in [0.2, 0.25) is 0 Å². The molecule has 0 radical (unpaired) electrons. The molecule has 126 valence electrons. The van der Waals surface area contributed by atoms with Crippen molar-refractivity contribution in [1.82, 2.24) is 0 Å². The first-order chi connectivity index (χ1) is 12.8. The van der Waals surface area contributed by atoms with Gasteiger partial charge in [-0.1, -0.05) is 60.7 Å². The quantitative estimate of drug-likeness (QED) is 0.504. The van der Waals surface area contributed by atoms with E-state index in [1.54, 1.807) is 12.1 Å². The highest BCUT2D eigenvalue weighted by atomic mass is 16.5. The monoisotopic (exact) mass is 339 g/mol. The molecule has 0 aliphatic rings. The van der Waals surface area contributed by atoms with Gasteiger partial charge in [-0.25, -0.2) is 0 Å². The number of ether oxygens (including phenoxy) is 1. The van der Waals surface area contributed by atoms with E-state index in [0.29, 0.717) is 17.1 Å². The molecule has 0 fully saturated rings. The molecular weight excluding hydrogens is 322 g/mol. The second-order valence-corrected chi connectivity index (χ2v) is 5.93. The molecule has 1 N–H and O–H groups in total. The van der Waals surface area contributed by atoms with E-state index < -0.39 is 0 Å². The lowest BCUT2D eigenvalue weighted by molar-refractivity contribution is 0.102. The zero-order valence-corrected chi connectivity index (χ0v) is 14.1. The fraction of sp³-hybridized carbons (Fsp3) is 0. The van der Waals surface area contributed by atoms with Gasteiger partial charge in [-0.3, -0.25) is 4.79 Å². The summed E-state index contributed by atoms with van der Waals surface area (Å²) < 4.78 is 6.02. The highest BCUT2D eigenvalue weighted by Crippen LogP contribution is 2.28. The third-order valence-corrected chi connectivity index (χ3v) is 4.11. The average molecular weight is 339 g/mol. The number of hydrogen-bond acceptors (Lipinski definition) is 2. The summed E-state index contributed by atoms with van der Waals surface area (Å²) in [6.45, 7) is 0. The summed E-state index contributed by atoms with van der Waals surface area (Å²) >= 11 is 0. The Labute approximate surface area is 151 Å². The molecule has 3 heteroatoms. The van der Waals surface area contributed by atoms with E-state index in [0.717, 1.165) is 16.5 Å². The zero-order valence-electron chi connectivity index (χ0n) is 14.1. The van der Waals surface area contributed by atoms with Crippen LogP contribution in [-0.2, 0) is 0 Å². The summed E-state index contributed by atoms with van der Waals surface area (Å²) in [7, 11) is 0. The van der Waals surface area contributed by atoms with Gasteiger partial charge in [0.1, 0.15) is 11.5 Å². The summed E-state index contributed by atoms with van der Waals surface area (Å²) in [4.78, 5) is 12.6. The molecule has 0 saturated carbocycles. The van der Waals surface area contributed by atoms with Gasteiger partial charge >= 0.3 is 0 Å². The lowest BCUT2D eigenvalue weighted by atomic mass is 10.1. The third kappa shape index (κ3) is 3.42. The van der Waals surface area contributed by atoms with Gasteiger partial charge in [-0.15, -0.1) is 0 Å². The Balaban J connectivity index is 1.61. The van der Waals surface area contributed by atoms with Crippen molar-refractivity contribution in [3.8, 4) is 11.5 Å². The average Bonchev–Trinajstić information content (AvgIpc) is 2.69. The van der Waals surface area contributed by atoms with Gasteiger partial charge in [0, 0.05) is 5.69 Å². The van der Waals surface area contributed by atoms with Crippen LogP contribution in [0, 0.1) is 0 Å². The summed E-state index contributed by atoms with van der Waals surface area (Å²) in [6.07, 6.45) is 0. The summed E-state index contributed by atoms with van der Waals surface area (Å²) in [5, 5.41) is 5.14. The van der Waals surface area contributed by atoms with Gasteiger partial charge in [0.15, 0.2) is 0 Å². The van der Waals surface area contributed by atoms with Gasteiger partial charge in [0.25, 0.3) is 5.91 Å². The topological polar surface area (TPSA) is 38.3 Å². The van der Waals surface area contributed by atoms with Gasteiger partial charge < -0.3 is 10.1 Å². The lowest BCUT2D eigenvalue weighted by Gasteiger charge is -2.12. The van der Waals surface area contributed by atoms with Crippen molar-refractivity contribution in [2.75, 3.05) is 5.32 Å². The van der Waals surface area contributed by atoms with Crippen LogP contribution in [0.2, 0.25) is 0 Å². The molecular formula is C23H17NO2. The number of amides is 1. The largest absolute Gasteiger partial charge is 0.457 e. The SMILES string of the molecule is O=C(Nc1ccccc1)c1ccccc1Oc1ccc2ccccc2c1.